The Hall–Kier alpha value is -2.10. The Labute approximate surface area is 110 Å². The van der Waals surface area contributed by atoms with Crippen LogP contribution in [0.5, 0.6) is 5.75 Å². The summed E-state index contributed by atoms with van der Waals surface area (Å²) in [4.78, 5) is 25.3. The van der Waals surface area contributed by atoms with Crippen molar-refractivity contribution in [2.24, 2.45) is 0 Å². The summed E-state index contributed by atoms with van der Waals surface area (Å²) in [5, 5.41) is 0. The smallest absolute Gasteiger partial charge is 0.272 e. The fourth-order valence-electron chi connectivity index (χ4n) is 2.65. The molecule has 0 unspecified atom stereocenters. The van der Waals surface area contributed by atoms with Crippen molar-refractivity contribution in [3.8, 4) is 5.75 Å². The van der Waals surface area contributed by atoms with Gasteiger partial charge in [0.25, 0.3) is 10.9 Å². The van der Waals surface area contributed by atoms with Crippen LogP contribution in [-0.2, 0) is 6.42 Å². The van der Waals surface area contributed by atoms with E-state index < -0.39 is 10.9 Å². The van der Waals surface area contributed by atoms with Crippen molar-refractivity contribution in [2.75, 3.05) is 18.1 Å². The maximum absolute atomic E-state index is 11.8. The van der Waals surface area contributed by atoms with E-state index in [2.05, 4.69) is 6.07 Å². The van der Waals surface area contributed by atoms with Crippen molar-refractivity contribution in [2.45, 2.75) is 19.8 Å². The number of fused-ring (bicyclic) bond motifs is 1. The predicted octanol–water partition coefficient (Wildman–Crippen LogP) is 1.77. The van der Waals surface area contributed by atoms with Crippen molar-refractivity contribution in [1.29, 1.82) is 0 Å². The lowest BCUT2D eigenvalue weighted by Gasteiger charge is -2.32. The second-order valence-electron chi connectivity index (χ2n) is 4.65. The van der Waals surface area contributed by atoms with Crippen LogP contribution in [0.25, 0.3) is 0 Å². The van der Waals surface area contributed by atoms with Gasteiger partial charge in [-0.1, -0.05) is 18.2 Å². The van der Waals surface area contributed by atoms with Gasteiger partial charge in [-0.15, -0.1) is 0 Å². The molecular formula is C15H15NO3. The first-order chi connectivity index (χ1) is 9.24. The zero-order valence-electron chi connectivity index (χ0n) is 10.8. The van der Waals surface area contributed by atoms with E-state index in [1.54, 1.807) is 0 Å². The molecule has 0 N–H and O–H groups in total. The largest absolute Gasteiger partial charge is 0.488 e. The number of ether oxygens (including phenoxy) is 1. The van der Waals surface area contributed by atoms with Gasteiger partial charge in [0.2, 0.25) is 0 Å². The predicted molar refractivity (Wildman–Crippen MR) is 74.3 cm³/mol. The van der Waals surface area contributed by atoms with Crippen molar-refractivity contribution in [3.05, 3.63) is 50.3 Å². The summed E-state index contributed by atoms with van der Waals surface area (Å²) >= 11 is 0. The first-order valence-corrected chi connectivity index (χ1v) is 6.55. The maximum Gasteiger partial charge on any atom is 0.272 e. The molecule has 0 bridgehead atoms. The summed E-state index contributed by atoms with van der Waals surface area (Å²) in [6.45, 7) is 2.96. The fourth-order valence-corrected chi connectivity index (χ4v) is 2.65. The third-order valence-corrected chi connectivity index (χ3v) is 3.51. The highest BCUT2D eigenvalue weighted by atomic mass is 16.5. The number of rotatable bonds is 3. The average Bonchev–Trinajstić information content (AvgIpc) is 2.46. The van der Waals surface area contributed by atoms with Crippen LogP contribution in [0.2, 0.25) is 0 Å². The second kappa shape index (κ2) is 4.53. The molecule has 0 aromatic heterocycles. The molecule has 0 fully saturated rings. The van der Waals surface area contributed by atoms with Gasteiger partial charge in [0.15, 0.2) is 5.75 Å². The van der Waals surface area contributed by atoms with E-state index in [0.29, 0.717) is 12.3 Å². The minimum Gasteiger partial charge on any atom is -0.488 e. The molecule has 4 heteroatoms. The zero-order valence-corrected chi connectivity index (χ0v) is 10.8. The third kappa shape index (κ3) is 1.75. The van der Waals surface area contributed by atoms with Gasteiger partial charge in [0, 0.05) is 12.2 Å². The maximum atomic E-state index is 11.8. The lowest BCUT2D eigenvalue weighted by Crippen LogP contribution is -2.41. The van der Waals surface area contributed by atoms with Gasteiger partial charge in [-0.25, -0.2) is 0 Å². The highest BCUT2D eigenvalue weighted by Crippen LogP contribution is 2.35. The second-order valence-corrected chi connectivity index (χ2v) is 4.65. The third-order valence-electron chi connectivity index (χ3n) is 3.51. The summed E-state index contributed by atoms with van der Waals surface area (Å²) in [5.41, 5.74) is 1.73. The van der Waals surface area contributed by atoms with Crippen molar-refractivity contribution < 1.29 is 4.74 Å². The molecule has 2 aromatic rings. The number of aryl methyl sites for hydroxylation is 1. The molecule has 0 saturated heterocycles. The lowest BCUT2D eigenvalue weighted by molar-refractivity contribution is 0.333. The van der Waals surface area contributed by atoms with Crippen LogP contribution in [0.3, 0.4) is 0 Å². The Bertz CT molecular complexity index is 683. The van der Waals surface area contributed by atoms with Crippen LogP contribution < -0.4 is 20.5 Å². The summed E-state index contributed by atoms with van der Waals surface area (Å²) in [6.07, 6.45) is 1.98. The molecule has 1 aliphatic rings. The molecule has 3 rings (SSSR count). The molecule has 0 spiro atoms. The van der Waals surface area contributed by atoms with E-state index in [1.807, 2.05) is 30.0 Å². The normalized spacial score (nSPS) is 14.5. The van der Waals surface area contributed by atoms with Crippen molar-refractivity contribution in [3.63, 3.8) is 0 Å². The molecule has 2 aromatic carbocycles. The number of benzene rings is 1. The minimum atomic E-state index is -0.500. The molecule has 0 amide bonds. The molecule has 1 aliphatic heterocycles. The Morgan fingerprint density at radius 3 is 2.79 bits per heavy atom. The molecule has 19 heavy (non-hydrogen) atoms. The topological polar surface area (TPSA) is 46.6 Å². The zero-order chi connectivity index (χ0) is 13.4. The minimum absolute atomic E-state index is 0.226. The van der Waals surface area contributed by atoms with Gasteiger partial charge in [-0.3, -0.25) is 9.59 Å². The van der Waals surface area contributed by atoms with Gasteiger partial charge < -0.3 is 9.64 Å². The standard InChI is InChI=1S/C15H15NO3/c1-2-19-15-12(13(17)14(15)18)16-9-5-7-10-6-3-4-8-11(10)16/h3-4,6,8H,2,5,7,9H2,1H3. The summed E-state index contributed by atoms with van der Waals surface area (Å²) in [7, 11) is 0. The Morgan fingerprint density at radius 1 is 1.21 bits per heavy atom. The fraction of sp³-hybridized carbons (Fsp3) is 0.333. The van der Waals surface area contributed by atoms with Crippen molar-refractivity contribution >= 4 is 11.4 Å². The van der Waals surface area contributed by atoms with Crippen LogP contribution in [-0.4, -0.2) is 13.2 Å². The number of hydrogen-bond acceptors (Lipinski definition) is 4. The summed E-state index contributed by atoms with van der Waals surface area (Å²) in [5.74, 6) is 0.226. The van der Waals surface area contributed by atoms with Gasteiger partial charge in [0.05, 0.1) is 6.61 Å². The lowest BCUT2D eigenvalue weighted by atomic mass is 10.00. The molecule has 1 heterocycles. The number of anilines is 2. The molecule has 98 valence electrons. The van der Waals surface area contributed by atoms with Crippen LogP contribution in [0, 0.1) is 0 Å². The Balaban J connectivity index is 2.08. The monoisotopic (exact) mass is 257 g/mol. The molecule has 4 nitrogen and oxygen atoms in total. The van der Waals surface area contributed by atoms with Crippen LogP contribution in [0.1, 0.15) is 18.9 Å². The summed E-state index contributed by atoms with van der Waals surface area (Å²) < 4.78 is 5.31. The van der Waals surface area contributed by atoms with Gasteiger partial charge in [-0.05, 0) is 31.4 Å². The number of nitrogens with zero attached hydrogens (tertiary/aromatic N) is 1. The van der Waals surface area contributed by atoms with E-state index in [1.165, 1.54) is 5.56 Å². The van der Waals surface area contributed by atoms with Crippen LogP contribution in [0.4, 0.5) is 11.4 Å². The Morgan fingerprint density at radius 2 is 2.00 bits per heavy atom. The molecule has 0 saturated carbocycles. The Kier molecular flexibility index (Phi) is 2.85. The van der Waals surface area contributed by atoms with Crippen LogP contribution in [0.15, 0.2) is 33.9 Å². The van der Waals surface area contributed by atoms with Gasteiger partial charge >= 0.3 is 0 Å². The number of para-hydroxylation sites is 1. The van der Waals surface area contributed by atoms with E-state index in [0.717, 1.165) is 25.1 Å². The van der Waals surface area contributed by atoms with E-state index >= 15 is 0 Å². The van der Waals surface area contributed by atoms with E-state index in [9.17, 15) is 9.59 Å². The first-order valence-electron chi connectivity index (χ1n) is 6.55. The average molecular weight is 257 g/mol. The van der Waals surface area contributed by atoms with E-state index in [4.69, 9.17) is 4.74 Å². The quantitative estimate of drug-likeness (QED) is 0.786. The molecular weight excluding hydrogens is 242 g/mol. The van der Waals surface area contributed by atoms with Crippen molar-refractivity contribution in [1.82, 2.24) is 0 Å². The SMILES string of the molecule is CCOc1c(N2CCCc3ccccc32)c(=O)c1=O. The summed E-state index contributed by atoms with van der Waals surface area (Å²) in [6, 6.07) is 7.99. The highest BCUT2D eigenvalue weighted by molar-refractivity contribution is 5.75. The van der Waals surface area contributed by atoms with Gasteiger partial charge in [-0.2, -0.15) is 0 Å². The number of hydrogen-bond donors (Lipinski definition) is 0. The molecule has 0 aliphatic carbocycles. The highest BCUT2D eigenvalue weighted by Gasteiger charge is 2.30. The molecule has 0 atom stereocenters. The van der Waals surface area contributed by atoms with Crippen LogP contribution >= 0.6 is 0 Å². The van der Waals surface area contributed by atoms with Gasteiger partial charge in [0.1, 0.15) is 5.69 Å². The molecule has 0 radical (unpaired) electrons. The van der Waals surface area contributed by atoms with E-state index in [-0.39, 0.29) is 5.75 Å². The first kappa shape index (κ1) is 12.0.